The van der Waals surface area contributed by atoms with Crippen LogP contribution in [0.1, 0.15) is 32.6 Å². The van der Waals surface area contributed by atoms with Gasteiger partial charge in [0.1, 0.15) is 5.60 Å². The molecule has 3 nitrogen and oxygen atoms in total. The van der Waals surface area contributed by atoms with Gasteiger partial charge in [0.2, 0.25) is 0 Å². The molecule has 0 heterocycles. The normalized spacial score (nSPS) is 36.0. The van der Waals surface area contributed by atoms with E-state index in [1.165, 1.54) is 0 Å². The molecular weight excluding hydrogens is 154 g/mol. The minimum absolute atomic E-state index is 0.215. The molecule has 12 heavy (non-hydrogen) atoms. The number of hydrogen-bond donors (Lipinski definition) is 1. The van der Waals surface area contributed by atoms with Crippen molar-refractivity contribution in [2.24, 2.45) is 11.7 Å². The fraction of sp³-hybridized carbons (Fsp3) is 0.889. The first-order valence-corrected chi connectivity index (χ1v) is 4.52. The Bertz CT molecular complexity index is 151. The maximum absolute atomic E-state index is 10.2. The summed E-state index contributed by atoms with van der Waals surface area (Å²) in [4.78, 5) is 10.2. The summed E-state index contributed by atoms with van der Waals surface area (Å²) in [6.07, 6.45) is 4.07. The molecule has 0 aromatic carbocycles. The topological polar surface area (TPSA) is 52.3 Å². The SMILES string of the molecule is CC1(OC=O)CCC(CN)CC1. The Morgan fingerprint density at radius 1 is 1.58 bits per heavy atom. The molecule has 1 saturated carbocycles. The fourth-order valence-electron chi connectivity index (χ4n) is 1.76. The van der Waals surface area contributed by atoms with Crippen LogP contribution in [0.4, 0.5) is 0 Å². The highest BCUT2D eigenvalue weighted by atomic mass is 16.5. The Hall–Kier alpha value is -0.570. The molecule has 0 unspecified atom stereocenters. The Morgan fingerprint density at radius 2 is 2.17 bits per heavy atom. The monoisotopic (exact) mass is 171 g/mol. The molecule has 2 N–H and O–H groups in total. The smallest absolute Gasteiger partial charge is 0.293 e. The molecule has 0 radical (unpaired) electrons. The molecule has 1 aliphatic rings. The number of carbonyl (C=O) groups excluding carboxylic acids is 1. The summed E-state index contributed by atoms with van der Waals surface area (Å²) in [5, 5.41) is 0. The lowest BCUT2D eigenvalue weighted by molar-refractivity contribution is -0.145. The predicted molar refractivity (Wildman–Crippen MR) is 46.6 cm³/mol. The van der Waals surface area contributed by atoms with Crippen molar-refractivity contribution in [3.63, 3.8) is 0 Å². The van der Waals surface area contributed by atoms with Crippen LogP contribution in [-0.2, 0) is 9.53 Å². The zero-order chi connectivity index (χ0) is 9.03. The third-order valence-corrected chi connectivity index (χ3v) is 2.83. The van der Waals surface area contributed by atoms with E-state index in [1.807, 2.05) is 6.92 Å². The first kappa shape index (κ1) is 9.52. The number of carbonyl (C=O) groups is 1. The van der Waals surface area contributed by atoms with Gasteiger partial charge in [0, 0.05) is 0 Å². The third-order valence-electron chi connectivity index (χ3n) is 2.83. The second-order valence-corrected chi connectivity index (χ2v) is 3.84. The Kier molecular flexibility index (Phi) is 3.09. The molecule has 70 valence electrons. The van der Waals surface area contributed by atoms with Gasteiger partial charge in [0.25, 0.3) is 6.47 Å². The van der Waals surface area contributed by atoms with E-state index >= 15 is 0 Å². The van der Waals surface area contributed by atoms with Gasteiger partial charge in [-0.25, -0.2) is 0 Å². The van der Waals surface area contributed by atoms with Crippen molar-refractivity contribution >= 4 is 6.47 Å². The maximum atomic E-state index is 10.2. The molecule has 0 amide bonds. The van der Waals surface area contributed by atoms with E-state index in [0.29, 0.717) is 12.4 Å². The van der Waals surface area contributed by atoms with Crippen LogP contribution in [0.3, 0.4) is 0 Å². The Labute approximate surface area is 73.3 Å². The fourth-order valence-corrected chi connectivity index (χ4v) is 1.76. The van der Waals surface area contributed by atoms with Crippen molar-refractivity contribution in [2.75, 3.05) is 6.54 Å². The molecular formula is C9H17NO2. The van der Waals surface area contributed by atoms with Crippen LogP contribution in [0.5, 0.6) is 0 Å². The van der Waals surface area contributed by atoms with Gasteiger partial charge < -0.3 is 10.5 Å². The Balaban J connectivity index is 2.38. The molecule has 3 heteroatoms. The van der Waals surface area contributed by atoms with Gasteiger partial charge in [-0.3, -0.25) is 4.79 Å². The van der Waals surface area contributed by atoms with Crippen molar-refractivity contribution in [3.8, 4) is 0 Å². The van der Waals surface area contributed by atoms with Crippen LogP contribution in [0.25, 0.3) is 0 Å². The summed E-state index contributed by atoms with van der Waals surface area (Å²) in [6.45, 7) is 3.31. The summed E-state index contributed by atoms with van der Waals surface area (Å²) in [7, 11) is 0. The summed E-state index contributed by atoms with van der Waals surface area (Å²) < 4.78 is 5.04. The highest BCUT2D eigenvalue weighted by Crippen LogP contribution is 2.33. The maximum Gasteiger partial charge on any atom is 0.293 e. The highest BCUT2D eigenvalue weighted by Gasteiger charge is 2.31. The first-order valence-electron chi connectivity index (χ1n) is 4.52. The van der Waals surface area contributed by atoms with Gasteiger partial charge in [-0.2, -0.15) is 0 Å². The van der Waals surface area contributed by atoms with Crippen LogP contribution in [0.2, 0.25) is 0 Å². The molecule has 0 aromatic rings. The molecule has 0 saturated heterocycles. The van der Waals surface area contributed by atoms with E-state index in [4.69, 9.17) is 10.5 Å². The zero-order valence-corrected chi connectivity index (χ0v) is 7.58. The second-order valence-electron chi connectivity index (χ2n) is 3.84. The van der Waals surface area contributed by atoms with E-state index < -0.39 is 0 Å². The van der Waals surface area contributed by atoms with Gasteiger partial charge >= 0.3 is 0 Å². The van der Waals surface area contributed by atoms with Crippen LogP contribution >= 0.6 is 0 Å². The van der Waals surface area contributed by atoms with Gasteiger partial charge in [0.05, 0.1) is 0 Å². The molecule has 0 aliphatic heterocycles. The summed E-state index contributed by atoms with van der Waals surface area (Å²) in [6, 6.07) is 0. The number of hydrogen-bond acceptors (Lipinski definition) is 3. The minimum atomic E-state index is -0.215. The van der Waals surface area contributed by atoms with Crippen molar-refractivity contribution in [1.29, 1.82) is 0 Å². The minimum Gasteiger partial charge on any atom is -0.462 e. The summed E-state index contributed by atoms with van der Waals surface area (Å²) in [5.41, 5.74) is 5.34. The van der Waals surface area contributed by atoms with E-state index in [-0.39, 0.29) is 5.60 Å². The quantitative estimate of drug-likeness (QED) is 0.646. The van der Waals surface area contributed by atoms with Crippen LogP contribution in [0.15, 0.2) is 0 Å². The average Bonchev–Trinajstić information content (AvgIpc) is 2.06. The Morgan fingerprint density at radius 3 is 2.58 bits per heavy atom. The molecule has 1 rings (SSSR count). The van der Waals surface area contributed by atoms with E-state index in [2.05, 4.69) is 0 Å². The average molecular weight is 171 g/mol. The molecule has 1 aliphatic carbocycles. The van der Waals surface area contributed by atoms with Crippen molar-refractivity contribution in [3.05, 3.63) is 0 Å². The van der Waals surface area contributed by atoms with E-state index in [9.17, 15) is 4.79 Å². The second kappa shape index (κ2) is 3.90. The van der Waals surface area contributed by atoms with E-state index in [1.54, 1.807) is 0 Å². The molecule has 0 bridgehead atoms. The van der Waals surface area contributed by atoms with Crippen molar-refractivity contribution < 1.29 is 9.53 Å². The largest absolute Gasteiger partial charge is 0.462 e. The van der Waals surface area contributed by atoms with Gasteiger partial charge in [-0.15, -0.1) is 0 Å². The first-order chi connectivity index (χ1) is 5.70. The lowest BCUT2D eigenvalue weighted by atomic mass is 9.80. The van der Waals surface area contributed by atoms with Gasteiger partial charge in [-0.1, -0.05) is 0 Å². The van der Waals surface area contributed by atoms with Gasteiger partial charge in [-0.05, 0) is 45.1 Å². The lowest BCUT2D eigenvalue weighted by Crippen LogP contribution is -2.35. The molecule has 1 fully saturated rings. The molecule has 0 atom stereocenters. The molecule has 0 spiro atoms. The van der Waals surface area contributed by atoms with Crippen molar-refractivity contribution in [2.45, 2.75) is 38.2 Å². The van der Waals surface area contributed by atoms with Crippen molar-refractivity contribution in [1.82, 2.24) is 0 Å². The summed E-state index contributed by atoms with van der Waals surface area (Å²) in [5.74, 6) is 0.633. The standard InChI is InChI=1S/C9H17NO2/c1-9(12-7-11)4-2-8(6-10)3-5-9/h7-8H,2-6,10H2,1H3. The highest BCUT2D eigenvalue weighted by molar-refractivity contribution is 5.38. The number of ether oxygens (including phenoxy) is 1. The number of rotatable bonds is 3. The van der Waals surface area contributed by atoms with Crippen LogP contribution in [0, 0.1) is 5.92 Å². The predicted octanol–water partition coefficient (Wildman–Crippen LogP) is 1.07. The van der Waals surface area contributed by atoms with E-state index in [0.717, 1.165) is 32.2 Å². The van der Waals surface area contributed by atoms with Crippen LogP contribution < -0.4 is 5.73 Å². The number of nitrogens with two attached hydrogens (primary N) is 1. The molecule has 0 aromatic heterocycles. The van der Waals surface area contributed by atoms with Crippen LogP contribution in [-0.4, -0.2) is 18.6 Å². The zero-order valence-electron chi connectivity index (χ0n) is 7.58. The lowest BCUT2D eigenvalue weighted by Gasteiger charge is -2.35. The third kappa shape index (κ3) is 2.21. The van der Waals surface area contributed by atoms with Gasteiger partial charge in [0.15, 0.2) is 0 Å². The summed E-state index contributed by atoms with van der Waals surface area (Å²) >= 11 is 0.